The predicted molar refractivity (Wildman–Crippen MR) is 73.9 cm³/mol. The number of ether oxygens (including phenoxy) is 1. The van der Waals surface area contributed by atoms with Crippen LogP contribution in [0.25, 0.3) is 0 Å². The van der Waals surface area contributed by atoms with Crippen molar-refractivity contribution in [1.29, 1.82) is 0 Å². The lowest BCUT2D eigenvalue weighted by Crippen LogP contribution is -2.25. The normalized spacial score (nSPS) is 17.2. The highest BCUT2D eigenvalue weighted by Gasteiger charge is 2.27. The molecular weight excluding hydrogens is 280 g/mol. The number of para-hydroxylation sites is 1. The summed E-state index contributed by atoms with van der Waals surface area (Å²) >= 11 is 0. The van der Waals surface area contributed by atoms with E-state index >= 15 is 0 Å². The average Bonchev–Trinajstić information content (AvgIpc) is 2.90. The van der Waals surface area contributed by atoms with Gasteiger partial charge in [0.1, 0.15) is 5.75 Å². The number of aromatic nitrogens is 3. The quantitative estimate of drug-likeness (QED) is 0.906. The summed E-state index contributed by atoms with van der Waals surface area (Å²) in [5.41, 5.74) is 0.674. The summed E-state index contributed by atoms with van der Waals surface area (Å²) < 4.78 is 31.4. The molecule has 1 aliphatic heterocycles. The Balaban J connectivity index is 2.00. The molecule has 2 aromatic rings. The van der Waals surface area contributed by atoms with Gasteiger partial charge in [-0.25, -0.2) is 4.68 Å². The van der Waals surface area contributed by atoms with Crippen LogP contribution in [0, 0.1) is 0 Å². The van der Waals surface area contributed by atoms with Crippen LogP contribution in [0.4, 0.5) is 20.7 Å². The summed E-state index contributed by atoms with van der Waals surface area (Å²) in [5.74, 6) is 1.27. The molecular formula is C13H15F2N5O. The summed E-state index contributed by atoms with van der Waals surface area (Å²) in [4.78, 5) is 4.28. The third-order valence-electron chi connectivity index (χ3n) is 3.35. The fourth-order valence-electron chi connectivity index (χ4n) is 2.46. The SMILES string of the molecule is CNc1nc2n(n1)C(c1ccccc1OC(F)F)CCN2. The minimum atomic E-state index is -2.85. The van der Waals surface area contributed by atoms with Crippen LogP contribution >= 0.6 is 0 Å². The number of halogens is 2. The summed E-state index contributed by atoms with van der Waals surface area (Å²) in [6, 6.07) is 6.59. The Bertz CT molecular complexity index is 631. The molecule has 1 atom stereocenters. The molecule has 2 N–H and O–H groups in total. The minimum Gasteiger partial charge on any atom is -0.434 e. The molecule has 0 bridgehead atoms. The van der Waals surface area contributed by atoms with Gasteiger partial charge >= 0.3 is 6.61 Å². The highest BCUT2D eigenvalue weighted by Crippen LogP contribution is 2.34. The molecule has 112 valence electrons. The lowest BCUT2D eigenvalue weighted by Gasteiger charge is -2.26. The Morgan fingerprint density at radius 3 is 3.00 bits per heavy atom. The van der Waals surface area contributed by atoms with Crippen molar-refractivity contribution in [3.05, 3.63) is 29.8 Å². The Labute approximate surface area is 120 Å². The van der Waals surface area contributed by atoms with Crippen LogP contribution in [0.2, 0.25) is 0 Å². The first-order valence-electron chi connectivity index (χ1n) is 6.61. The smallest absolute Gasteiger partial charge is 0.387 e. The van der Waals surface area contributed by atoms with Crippen molar-refractivity contribution >= 4 is 11.9 Å². The van der Waals surface area contributed by atoms with Crippen LogP contribution in [0.1, 0.15) is 18.0 Å². The summed E-state index contributed by atoms with van der Waals surface area (Å²) in [5, 5.41) is 10.3. The second kappa shape index (κ2) is 5.55. The van der Waals surface area contributed by atoms with Gasteiger partial charge in [0.2, 0.25) is 11.9 Å². The van der Waals surface area contributed by atoms with E-state index in [0.717, 1.165) is 0 Å². The Hall–Kier alpha value is -2.38. The molecule has 6 nitrogen and oxygen atoms in total. The van der Waals surface area contributed by atoms with E-state index in [0.29, 0.717) is 30.4 Å². The van der Waals surface area contributed by atoms with Crippen molar-refractivity contribution < 1.29 is 13.5 Å². The van der Waals surface area contributed by atoms with Crippen molar-refractivity contribution in [3.63, 3.8) is 0 Å². The first kappa shape index (κ1) is 13.6. The van der Waals surface area contributed by atoms with Crippen LogP contribution in [0.3, 0.4) is 0 Å². The van der Waals surface area contributed by atoms with Crippen molar-refractivity contribution in [1.82, 2.24) is 14.8 Å². The van der Waals surface area contributed by atoms with Crippen molar-refractivity contribution in [2.45, 2.75) is 19.1 Å². The van der Waals surface area contributed by atoms with Crippen LogP contribution < -0.4 is 15.4 Å². The molecule has 0 radical (unpaired) electrons. The van der Waals surface area contributed by atoms with Crippen LogP contribution in [-0.4, -0.2) is 35.0 Å². The lowest BCUT2D eigenvalue weighted by molar-refractivity contribution is -0.0507. The van der Waals surface area contributed by atoms with Crippen molar-refractivity contribution in [3.8, 4) is 5.75 Å². The van der Waals surface area contributed by atoms with Gasteiger partial charge in [-0.2, -0.15) is 13.8 Å². The molecule has 2 heterocycles. The standard InChI is InChI=1S/C13H15F2N5O/c1-16-12-18-13-17-7-6-9(20(13)19-12)8-4-2-3-5-10(8)21-11(14)15/h2-5,9,11H,6-7H2,1H3,(H2,16,17,18,19). The minimum absolute atomic E-state index is 0.173. The number of hydrogen-bond acceptors (Lipinski definition) is 5. The van der Waals surface area contributed by atoms with Gasteiger partial charge in [0.05, 0.1) is 6.04 Å². The zero-order chi connectivity index (χ0) is 14.8. The molecule has 0 saturated heterocycles. The van der Waals surface area contributed by atoms with E-state index < -0.39 is 6.61 Å². The zero-order valence-electron chi connectivity index (χ0n) is 11.4. The van der Waals surface area contributed by atoms with Crippen LogP contribution in [0.5, 0.6) is 5.75 Å². The molecule has 1 aliphatic rings. The van der Waals surface area contributed by atoms with Gasteiger partial charge in [-0.1, -0.05) is 18.2 Å². The highest BCUT2D eigenvalue weighted by atomic mass is 19.3. The molecule has 3 rings (SSSR count). The number of fused-ring (bicyclic) bond motifs is 1. The molecule has 0 amide bonds. The molecule has 1 aromatic carbocycles. The predicted octanol–water partition coefficient (Wildman–Crippen LogP) is 2.33. The van der Waals surface area contributed by atoms with Gasteiger partial charge in [-0.15, -0.1) is 5.10 Å². The molecule has 0 spiro atoms. The first-order chi connectivity index (χ1) is 10.2. The fourth-order valence-corrected chi connectivity index (χ4v) is 2.46. The summed E-state index contributed by atoms with van der Waals surface area (Å²) in [6.07, 6.45) is 0.711. The van der Waals surface area contributed by atoms with E-state index in [1.165, 1.54) is 0 Å². The fraction of sp³-hybridized carbons (Fsp3) is 0.385. The van der Waals surface area contributed by atoms with Gasteiger partial charge in [0.25, 0.3) is 0 Å². The number of rotatable bonds is 4. The third kappa shape index (κ3) is 2.61. The van der Waals surface area contributed by atoms with E-state index in [9.17, 15) is 8.78 Å². The van der Waals surface area contributed by atoms with Gasteiger partial charge < -0.3 is 15.4 Å². The van der Waals surface area contributed by atoms with Gasteiger partial charge in [0, 0.05) is 19.2 Å². The van der Waals surface area contributed by atoms with Crippen LogP contribution in [-0.2, 0) is 0 Å². The average molecular weight is 295 g/mol. The van der Waals surface area contributed by atoms with Gasteiger partial charge in [-0.3, -0.25) is 0 Å². The number of anilines is 2. The Kier molecular flexibility index (Phi) is 3.59. The molecule has 0 fully saturated rings. The number of hydrogen-bond donors (Lipinski definition) is 2. The van der Waals surface area contributed by atoms with E-state index in [4.69, 9.17) is 0 Å². The monoisotopic (exact) mass is 295 g/mol. The van der Waals surface area contributed by atoms with Gasteiger partial charge in [-0.05, 0) is 12.5 Å². The van der Waals surface area contributed by atoms with E-state index in [1.807, 2.05) is 0 Å². The molecule has 0 saturated carbocycles. The summed E-state index contributed by atoms with van der Waals surface area (Å²) in [6.45, 7) is -2.16. The summed E-state index contributed by atoms with van der Waals surface area (Å²) in [7, 11) is 1.73. The lowest BCUT2D eigenvalue weighted by atomic mass is 10.0. The third-order valence-corrected chi connectivity index (χ3v) is 3.35. The first-order valence-corrected chi connectivity index (χ1v) is 6.61. The second-order valence-corrected chi connectivity index (χ2v) is 4.60. The van der Waals surface area contributed by atoms with E-state index in [1.54, 1.807) is 36.0 Å². The van der Waals surface area contributed by atoms with E-state index in [2.05, 4.69) is 25.5 Å². The maximum absolute atomic E-state index is 12.5. The maximum Gasteiger partial charge on any atom is 0.387 e. The number of nitrogens with zero attached hydrogens (tertiary/aromatic N) is 3. The zero-order valence-corrected chi connectivity index (χ0v) is 11.4. The molecule has 8 heteroatoms. The number of alkyl halides is 2. The number of benzene rings is 1. The van der Waals surface area contributed by atoms with Gasteiger partial charge in [0.15, 0.2) is 0 Å². The molecule has 1 unspecified atom stereocenters. The molecule has 1 aromatic heterocycles. The largest absolute Gasteiger partial charge is 0.434 e. The van der Waals surface area contributed by atoms with Crippen molar-refractivity contribution in [2.24, 2.45) is 0 Å². The topological polar surface area (TPSA) is 64.0 Å². The molecule has 0 aliphatic carbocycles. The van der Waals surface area contributed by atoms with Crippen molar-refractivity contribution in [2.75, 3.05) is 24.2 Å². The Morgan fingerprint density at radius 1 is 1.43 bits per heavy atom. The number of nitrogens with one attached hydrogen (secondary N) is 2. The van der Waals surface area contributed by atoms with Crippen LogP contribution in [0.15, 0.2) is 24.3 Å². The maximum atomic E-state index is 12.5. The molecule has 21 heavy (non-hydrogen) atoms. The second-order valence-electron chi connectivity index (χ2n) is 4.60. The van der Waals surface area contributed by atoms with E-state index in [-0.39, 0.29) is 11.8 Å². The highest BCUT2D eigenvalue weighted by molar-refractivity contribution is 5.42. The Morgan fingerprint density at radius 2 is 2.24 bits per heavy atom.